The summed E-state index contributed by atoms with van der Waals surface area (Å²) in [6.07, 6.45) is -0.785. The number of carboxylic acids is 2. The normalized spacial score (nSPS) is 11.7. The van der Waals surface area contributed by atoms with Crippen LogP contribution < -0.4 is 5.32 Å². The van der Waals surface area contributed by atoms with Gasteiger partial charge in [0.2, 0.25) is 0 Å². The van der Waals surface area contributed by atoms with Crippen molar-refractivity contribution in [2.24, 2.45) is 0 Å². The van der Waals surface area contributed by atoms with Gasteiger partial charge in [-0.2, -0.15) is 0 Å². The van der Waals surface area contributed by atoms with Crippen LogP contribution in [-0.4, -0.2) is 53.1 Å². The zero-order valence-corrected chi connectivity index (χ0v) is 12.2. The van der Waals surface area contributed by atoms with E-state index in [9.17, 15) is 14.7 Å². The molecule has 0 saturated carbocycles. The van der Waals surface area contributed by atoms with Gasteiger partial charge in [0.15, 0.2) is 0 Å². The molecule has 0 amide bonds. The van der Waals surface area contributed by atoms with Gasteiger partial charge in [0.1, 0.15) is 0 Å². The monoisotopic (exact) mass is 309 g/mol. The van der Waals surface area contributed by atoms with Crippen molar-refractivity contribution in [2.45, 2.75) is 13.0 Å². The van der Waals surface area contributed by atoms with Crippen molar-refractivity contribution < 1.29 is 29.6 Å². The summed E-state index contributed by atoms with van der Waals surface area (Å²) in [6, 6.07) is 3.86. The first-order chi connectivity index (χ1) is 10.3. The van der Waals surface area contributed by atoms with Gasteiger partial charge in [-0.3, -0.25) is 0 Å². The van der Waals surface area contributed by atoms with E-state index in [1.165, 1.54) is 18.2 Å². The van der Waals surface area contributed by atoms with E-state index in [4.69, 9.17) is 14.9 Å². The molecular formula is C15H19NO6. The van der Waals surface area contributed by atoms with Crippen LogP contribution in [0.4, 0.5) is 5.69 Å². The number of aliphatic hydroxyl groups excluding tert-OH is 1. The molecule has 0 spiro atoms. The number of carboxylic acid groups (broad SMARTS) is 2. The van der Waals surface area contributed by atoms with Crippen molar-refractivity contribution in [3.63, 3.8) is 0 Å². The highest BCUT2D eigenvalue weighted by Crippen LogP contribution is 2.16. The van der Waals surface area contributed by atoms with Crippen LogP contribution in [0, 0.1) is 0 Å². The van der Waals surface area contributed by atoms with E-state index >= 15 is 0 Å². The standard InChI is InChI=1S/C15H19NO6/c1-9(2)7-22-8-11(17)6-16-10-3-4-12(14(18)19)13(5-10)15(20)21/h3-5,11,16-17H,1,6-8H2,2H3,(H,18,19)(H,20,21). The fraction of sp³-hybridized carbons (Fsp3) is 0.333. The predicted octanol–water partition coefficient (Wildman–Crippen LogP) is 1.45. The van der Waals surface area contributed by atoms with Crippen molar-refractivity contribution in [1.82, 2.24) is 0 Å². The van der Waals surface area contributed by atoms with Gasteiger partial charge >= 0.3 is 11.9 Å². The number of aliphatic hydroxyl groups is 1. The molecular weight excluding hydrogens is 290 g/mol. The van der Waals surface area contributed by atoms with Gasteiger partial charge in [-0.25, -0.2) is 9.59 Å². The number of anilines is 1. The van der Waals surface area contributed by atoms with E-state index in [0.717, 1.165) is 5.57 Å². The van der Waals surface area contributed by atoms with Gasteiger partial charge in [-0.1, -0.05) is 12.2 Å². The molecule has 0 heterocycles. The van der Waals surface area contributed by atoms with Gasteiger partial charge in [0.25, 0.3) is 0 Å². The van der Waals surface area contributed by atoms with Gasteiger partial charge in [-0.05, 0) is 25.1 Å². The Balaban J connectivity index is 2.63. The van der Waals surface area contributed by atoms with Gasteiger partial charge < -0.3 is 25.4 Å². The number of carbonyl (C=O) groups is 2. The van der Waals surface area contributed by atoms with E-state index < -0.39 is 18.0 Å². The minimum atomic E-state index is -1.33. The summed E-state index contributed by atoms with van der Waals surface area (Å²) in [5.74, 6) is -2.64. The molecule has 0 aliphatic heterocycles. The lowest BCUT2D eigenvalue weighted by molar-refractivity contribution is 0.0539. The smallest absolute Gasteiger partial charge is 0.336 e. The summed E-state index contributed by atoms with van der Waals surface area (Å²) < 4.78 is 5.20. The summed E-state index contributed by atoms with van der Waals surface area (Å²) >= 11 is 0. The zero-order chi connectivity index (χ0) is 16.7. The first kappa shape index (κ1) is 17.7. The van der Waals surface area contributed by atoms with E-state index in [0.29, 0.717) is 12.3 Å². The molecule has 7 heteroatoms. The Morgan fingerprint density at radius 3 is 2.45 bits per heavy atom. The lowest BCUT2D eigenvalue weighted by Crippen LogP contribution is -2.25. The molecule has 7 nitrogen and oxygen atoms in total. The molecule has 0 fully saturated rings. The van der Waals surface area contributed by atoms with E-state index in [-0.39, 0.29) is 24.3 Å². The van der Waals surface area contributed by atoms with Gasteiger partial charge in [0.05, 0.1) is 30.4 Å². The summed E-state index contributed by atoms with van der Waals surface area (Å²) in [6.45, 7) is 6.08. The zero-order valence-electron chi connectivity index (χ0n) is 12.2. The molecule has 0 aromatic heterocycles. The topological polar surface area (TPSA) is 116 Å². The average Bonchev–Trinajstić information content (AvgIpc) is 2.44. The lowest BCUT2D eigenvalue weighted by Gasteiger charge is -2.14. The molecule has 1 rings (SSSR count). The second-order valence-corrected chi connectivity index (χ2v) is 4.88. The van der Waals surface area contributed by atoms with E-state index in [1.54, 1.807) is 0 Å². The summed E-state index contributed by atoms with van der Waals surface area (Å²) in [4.78, 5) is 22.0. The molecule has 0 aliphatic carbocycles. The Kier molecular flexibility index (Phi) is 6.55. The van der Waals surface area contributed by atoms with Crippen molar-refractivity contribution in [3.05, 3.63) is 41.5 Å². The highest BCUT2D eigenvalue weighted by Gasteiger charge is 2.16. The maximum Gasteiger partial charge on any atom is 0.336 e. The fourth-order valence-electron chi connectivity index (χ4n) is 1.68. The van der Waals surface area contributed by atoms with Crippen LogP contribution in [0.3, 0.4) is 0 Å². The van der Waals surface area contributed by atoms with Crippen LogP contribution in [0.2, 0.25) is 0 Å². The van der Waals surface area contributed by atoms with Crippen LogP contribution in [-0.2, 0) is 4.74 Å². The van der Waals surface area contributed by atoms with Crippen LogP contribution in [0.5, 0.6) is 0 Å². The molecule has 0 bridgehead atoms. The molecule has 1 aromatic rings. The van der Waals surface area contributed by atoms with Crippen molar-refractivity contribution in [3.8, 4) is 0 Å². The Morgan fingerprint density at radius 2 is 1.91 bits per heavy atom. The SMILES string of the molecule is C=C(C)COCC(O)CNc1ccc(C(=O)O)c(C(=O)O)c1. The maximum atomic E-state index is 11.1. The molecule has 0 aliphatic rings. The highest BCUT2D eigenvalue weighted by molar-refractivity contribution is 6.02. The number of benzene rings is 1. The molecule has 22 heavy (non-hydrogen) atoms. The quantitative estimate of drug-likeness (QED) is 0.510. The number of hydrogen-bond donors (Lipinski definition) is 4. The second-order valence-electron chi connectivity index (χ2n) is 4.88. The fourth-order valence-corrected chi connectivity index (χ4v) is 1.68. The number of nitrogens with one attached hydrogen (secondary N) is 1. The molecule has 0 saturated heterocycles. The summed E-state index contributed by atoms with van der Waals surface area (Å²) in [7, 11) is 0. The highest BCUT2D eigenvalue weighted by atomic mass is 16.5. The maximum absolute atomic E-state index is 11.1. The summed E-state index contributed by atoms with van der Waals surface area (Å²) in [5, 5.41) is 30.5. The first-order valence-electron chi connectivity index (χ1n) is 6.56. The number of hydrogen-bond acceptors (Lipinski definition) is 5. The van der Waals surface area contributed by atoms with Crippen molar-refractivity contribution in [2.75, 3.05) is 25.1 Å². The second kappa shape index (κ2) is 8.16. The van der Waals surface area contributed by atoms with E-state index in [1.807, 2.05) is 6.92 Å². The third-order valence-electron chi connectivity index (χ3n) is 2.68. The van der Waals surface area contributed by atoms with Crippen LogP contribution in [0.25, 0.3) is 0 Å². The molecule has 1 aromatic carbocycles. The number of ether oxygens (including phenoxy) is 1. The molecule has 1 unspecified atom stereocenters. The molecule has 0 radical (unpaired) electrons. The third kappa shape index (κ3) is 5.55. The number of aromatic carboxylic acids is 2. The first-order valence-corrected chi connectivity index (χ1v) is 6.56. The lowest BCUT2D eigenvalue weighted by atomic mass is 10.1. The Labute approximate surface area is 127 Å². The Hall–Kier alpha value is -2.38. The Morgan fingerprint density at radius 1 is 1.27 bits per heavy atom. The average molecular weight is 309 g/mol. The minimum absolute atomic E-state index is 0.110. The van der Waals surface area contributed by atoms with Gasteiger partial charge in [-0.15, -0.1) is 0 Å². The van der Waals surface area contributed by atoms with Crippen LogP contribution in [0.15, 0.2) is 30.4 Å². The van der Waals surface area contributed by atoms with Crippen LogP contribution in [0.1, 0.15) is 27.6 Å². The van der Waals surface area contributed by atoms with Crippen molar-refractivity contribution in [1.29, 1.82) is 0 Å². The molecule has 1 atom stereocenters. The molecule has 4 N–H and O–H groups in total. The predicted molar refractivity (Wildman–Crippen MR) is 80.5 cm³/mol. The number of rotatable bonds is 9. The Bertz CT molecular complexity index is 569. The third-order valence-corrected chi connectivity index (χ3v) is 2.68. The van der Waals surface area contributed by atoms with E-state index in [2.05, 4.69) is 11.9 Å². The van der Waals surface area contributed by atoms with Gasteiger partial charge in [0, 0.05) is 12.2 Å². The summed E-state index contributed by atoms with van der Waals surface area (Å²) in [5.41, 5.74) is 0.644. The van der Waals surface area contributed by atoms with Crippen molar-refractivity contribution >= 4 is 17.6 Å². The largest absolute Gasteiger partial charge is 0.478 e. The molecule has 120 valence electrons. The minimum Gasteiger partial charge on any atom is -0.478 e. The van der Waals surface area contributed by atoms with Crippen LogP contribution >= 0.6 is 0 Å².